The number of nitrogens with zero attached hydrogens (tertiary/aromatic N) is 2. The van der Waals surface area contributed by atoms with Crippen molar-refractivity contribution in [1.82, 2.24) is 4.90 Å². The van der Waals surface area contributed by atoms with E-state index in [1.54, 1.807) is 23.1 Å². The normalized spacial score (nSPS) is 19.8. The summed E-state index contributed by atoms with van der Waals surface area (Å²) in [6.07, 6.45) is 1.94. The molecule has 2 aliphatic heterocycles. The lowest BCUT2D eigenvalue weighted by Crippen LogP contribution is -2.46. The van der Waals surface area contributed by atoms with Gasteiger partial charge in [0, 0.05) is 38.8 Å². The number of hydrogen-bond donors (Lipinski definition) is 0. The first-order chi connectivity index (χ1) is 13.7. The molecule has 2 aromatic carbocycles. The predicted molar refractivity (Wildman–Crippen MR) is 104 cm³/mol. The molecule has 0 aliphatic carbocycles. The summed E-state index contributed by atoms with van der Waals surface area (Å²) in [6, 6.07) is 16.4. The van der Waals surface area contributed by atoms with Gasteiger partial charge in [0.05, 0.1) is 5.71 Å². The van der Waals surface area contributed by atoms with Gasteiger partial charge in [-0.15, -0.1) is 0 Å². The van der Waals surface area contributed by atoms with Gasteiger partial charge in [-0.25, -0.2) is 4.39 Å². The number of amides is 1. The molecule has 1 unspecified atom stereocenters. The van der Waals surface area contributed by atoms with E-state index >= 15 is 0 Å². The molecule has 1 fully saturated rings. The molecule has 0 radical (unpaired) electrons. The molecule has 2 heterocycles. The van der Waals surface area contributed by atoms with Crippen LogP contribution in [0.25, 0.3) is 0 Å². The third-order valence-corrected chi connectivity index (χ3v) is 5.14. The smallest absolute Gasteiger partial charge is 0.266 e. The van der Waals surface area contributed by atoms with Crippen molar-refractivity contribution in [3.8, 4) is 5.75 Å². The standard InChI is InChI=1S/C22H23FN2O3/c23-19-8-4-5-9-20(19)27-18-10-12-25(13-11-18)22(26)21-15-17(24-28-21)14-16-6-2-1-3-7-16/h1-9,18,21H,10-15H2. The van der Waals surface area contributed by atoms with Crippen LogP contribution in [0.15, 0.2) is 59.8 Å². The number of benzene rings is 2. The topological polar surface area (TPSA) is 51.1 Å². The SMILES string of the molecule is O=C(C1CC(Cc2ccccc2)=NO1)N1CCC(Oc2ccccc2F)CC1. The summed E-state index contributed by atoms with van der Waals surface area (Å²) in [5.41, 5.74) is 2.05. The maximum absolute atomic E-state index is 13.7. The lowest BCUT2D eigenvalue weighted by atomic mass is 10.0. The van der Waals surface area contributed by atoms with Crippen LogP contribution in [0.5, 0.6) is 5.75 Å². The Morgan fingerprint density at radius 1 is 1.11 bits per heavy atom. The lowest BCUT2D eigenvalue weighted by Gasteiger charge is -2.33. The van der Waals surface area contributed by atoms with Crippen LogP contribution < -0.4 is 4.74 Å². The molecule has 2 aliphatic rings. The zero-order valence-corrected chi connectivity index (χ0v) is 15.6. The average molecular weight is 382 g/mol. The summed E-state index contributed by atoms with van der Waals surface area (Å²) in [5.74, 6) is -0.120. The van der Waals surface area contributed by atoms with E-state index in [0.717, 1.165) is 11.3 Å². The second kappa shape index (κ2) is 8.42. The fourth-order valence-electron chi connectivity index (χ4n) is 3.61. The molecule has 5 nitrogen and oxygen atoms in total. The highest BCUT2D eigenvalue weighted by Gasteiger charge is 2.34. The number of ether oxygens (including phenoxy) is 1. The molecule has 6 heteroatoms. The van der Waals surface area contributed by atoms with E-state index in [4.69, 9.17) is 9.57 Å². The molecule has 0 aromatic heterocycles. The molecule has 146 valence electrons. The molecular formula is C22H23FN2O3. The van der Waals surface area contributed by atoms with Crippen LogP contribution in [0.2, 0.25) is 0 Å². The van der Waals surface area contributed by atoms with Crippen LogP contribution in [0.4, 0.5) is 4.39 Å². The number of carbonyl (C=O) groups is 1. The Morgan fingerprint density at radius 2 is 1.82 bits per heavy atom. The van der Waals surface area contributed by atoms with Crippen LogP contribution >= 0.6 is 0 Å². The monoisotopic (exact) mass is 382 g/mol. The van der Waals surface area contributed by atoms with E-state index in [1.807, 2.05) is 30.3 Å². The van der Waals surface area contributed by atoms with Gasteiger partial charge in [-0.1, -0.05) is 47.6 Å². The predicted octanol–water partition coefficient (Wildman–Crippen LogP) is 3.58. The summed E-state index contributed by atoms with van der Waals surface area (Å²) in [5, 5.41) is 4.11. The van der Waals surface area contributed by atoms with Crippen molar-refractivity contribution in [3.05, 3.63) is 66.0 Å². The Kier molecular flexibility index (Phi) is 5.55. The molecule has 2 aromatic rings. The van der Waals surface area contributed by atoms with E-state index < -0.39 is 6.10 Å². The maximum atomic E-state index is 13.7. The zero-order chi connectivity index (χ0) is 19.3. The third kappa shape index (κ3) is 4.32. The maximum Gasteiger partial charge on any atom is 0.266 e. The van der Waals surface area contributed by atoms with Gasteiger partial charge in [0.25, 0.3) is 5.91 Å². The molecule has 4 rings (SSSR count). The molecule has 0 bridgehead atoms. The fourth-order valence-corrected chi connectivity index (χ4v) is 3.61. The van der Waals surface area contributed by atoms with Crippen molar-refractivity contribution in [2.75, 3.05) is 13.1 Å². The van der Waals surface area contributed by atoms with Gasteiger partial charge >= 0.3 is 0 Å². The lowest BCUT2D eigenvalue weighted by molar-refractivity contribution is -0.143. The van der Waals surface area contributed by atoms with Crippen molar-refractivity contribution in [2.24, 2.45) is 5.16 Å². The summed E-state index contributed by atoms with van der Waals surface area (Å²) >= 11 is 0. The molecule has 0 N–H and O–H groups in total. The minimum atomic E-state index is -0.539. The van der Waals surface area contributed by atoms with Gasteiger partial charge in [-0.05, 0) is 17.7 Å². The van der Waals surface area contributed by atoms with Crippen LogP contribution in [0.1, 0.15) is 24.8 Å². The summed E-state index contributed by atoms with van der Waals surface area (Å²) in [6.45, 7) is 1.15. The second-order valence-electron chi connectivity index (χ2n) is 7.19. The largest absolute Gasteiger partial charge is 0.487 e. The van der Waals surface area contributed by atoms with Gasteiger partial charge in [-0.3, -0.25) is 4.79 Å². The highest BCUT2D eigenvalue weighted by molar-refractivity contribution is 5.94. The molecule has 1 amide bonds. The van der Waals surface area contributed by atoms with Gasteiger partial charge < -0.3 is 14.5 Å². The number of likely N-dealkylation sites (tertiary alicyclic amines) is 1. The van der Waals surface area contributed by atoms with E-state index in [1.165, 1.54) is 6.07 Å². The fraction of sp³-hybridized carbons (Fsp3) is 0.364. The van der Waals surface area contributed by atoms with Crippen LogP contribution in [-0.2, 0) is 16.1 Å². The van der Waals surface area contributed by atoms with Crippen molar-refractivity contribution >= 4 is 11.6 Å². The number of para-hydroxylation sites is 1. The van der Waals surface area contributed by atoms with Gasteiger partial charge in [0.2, 0.25) is 6.10 Å². The van der Waals surface area contributed by atoms with E-state index in [-0.39, 0.29) is 23.6 Å². The third-order valence-electron chi connectivity index (χ3n) is 5.14. The highest BCUT2D eigenvalue weighted by atomic mass is 19.1. The highest BCUT2D eigenvalue weighted by Crippen LogP contribution is 2.23. The Hall–Kier alpha value is -2.89. The minimum Gasteiger partial charge on any atom is -0.487 e. The summed E-state index contributed by atoms with van der Waals surface area (Å²) in [4.78, 5) is 19.9. The van der Waals surface area contributed by atoms with E-state index in [2.05, 4.69) is 5.16 Å². The van der Waals surface area contributed by atoms with Crippen LogP contribution in [0.3, 0.4) is 0 Å². The summed E-state index contributed by atoms with van der Waals surface area (Å²) < 4.78 is 19.5. The first-order valence-corrected chi connectivity index (χ1v) is 9.64. The van der Waals surface area contributed by atoms with Gasteiger partial charge in [0.1, 0.15) is 6.10 Å². The number of hydrogen-bond acceptors (Lipinski definition) is 4. The number of oxime groups is 1. The van der Waals surface area contributed by atoms with Crippen molar-refractivity contribution < 1.29 is 18.8 Å². The zero-order valence-electron chi connectivity index (χ0n) is 15.6. The molecule has 28 heavy (non-hydrogen) atoms. The molecule has 1 saturated heterocycles. The first kappa shape index (κ1) is 18.5. The molecular weight excluding hydrogens is 359 g/mol. The summed E-state index contributed by atoms with van der Waals surface area (Å²) in [7, 11) is 0. The van der Waals surface area contributed by atoms with E-state index in [0.29, 0.717) is 38.8 Å². The minimum absolute atomic E-state index is 0.0313. The van der Waals surface area contributed by atoms with Crippen molar-refractivity contribution in [1.29, 1.82) is 0 Å². The van der Waals surface area contributed by atoms with Crippen LogP contribution in [-0.4, -0.2) is 41.8 Å². The average Bonchev–Trinajstić information content (AvgIpc) is 3.19. The Bertz CT molecular complexity index is 848. The van der Waals surface area contributed by atoms with Crippen LogP contribution in [0, 0.1) is 5.82 Å². The van der Waals surface area contributed by atoms with Gasteiger partial charge in [0.15, 0.2) is 11.6 Å². The first-order valence-electron chi connectivity index (χ1n) is 9.64. The second-order valence-corrected chi connectivity index (χ2v) is 7.19. The number of carbonyl (C=O) groups excluding carboxylic acids is 1. The number of rotatable bonds is 5. The number of halogens is 1. The quantitative estimate of drug-likeness (QED) is 0.794. The van der Waals surface area contributed by atoms with E-state index in [9.17, 15) is 9.18 Å². The number of piperidine rings is 1. The van der Waals surface area contributed by atoms with Gasteiger partial charge in [-0.2, -0.15) is 0 Å². The van der Waals surface area contributed by atoms with Crippen molar-refractivity contribution in [3.63, 3.8) is 0 Å². The molecule has 0 saturated carbocycles. The molecule has 1 atom stereocenters. The molecule has 0 spiro atoms. The van der Waals surface area contributed by atoms with Crippen molar-refractivity contribution in [2.45, 2.75) is 37.9 Å². The Balaban J connectivity index is 1.25. The Labute approximate surface area is 163 Å². The Morgan fingerprint density at radius 3 is 2.57 bits per heavy atom.